The van der Waals surface area contributed by atoms with Crippen molar-refractivity contribution in [2.75, 3.05) is 24.6 Å². The average molecular weight is 255 g/mol. The predicted molar refractivity (Wildman–Crippen MR) is 75.5 cm³/mol. The third-order valence-corrected chi connectivity index (χ3v) is 4.84. The van der Waals surface area contributed by atoms with E-state index < -0.39 is 0 Å². The van der Waals surface area contributed by atoms with Crippen molar-refractivity contribution in [3.8, 4) is 0 Å². The van der Waals surface area contributed by atoms with Gasteiger partial charge in [0.15, 0.2) is 0 Å². The van der Waals surface area contributed by atoms with Gasteiger partial charge in [-0.15, -0.1) is 11.3 Å². The highest BCUT2D eigenvalue weighted by Gasteiger charge is 2.11. The van der Waals surface area contributed by atoms with Crippen LogP contribution in [-0.4, -0.2) is 29.5 Å². The third-order valence-electron chi connectivity index (χ3n) is 2.81. The smallest absolute Gasteiger partial charge is 0.0328 e. The first-order chi connectivity index (χ1) is 7.74. The minimum Gasteiger partial charge on any atom is -0.297 e. The number of rotatable bonds is 4. The Morgan fingerprint density at radius 3 is 2.56 bits per heavy atom. The van der Waals surface area contributed by atoms with Crippen LogP contribution in [0.25, 0.3) is 0 Å². The lowest BCUT2D eigenvalue weighted by molar-refractivity contribution is 0.297. The van der Waals surface area contributed by atoms with Crippen LogP contribution in [0.15, 0.2) is 12.1 Å². The molecule has 0 spiro atoms. The fourth-order valence-corrected chi connectivity index (χ4v) is 4.25. The summed E-state index contributed by atoms with van der Waals surface area (Å²) >= 11 is 4.09. The second-order valence-corrected chi connectivity index (χ2v) is 7.33. The molecule has 0 bridgehead atoms. The summed E-state index contributed by atoms with van der Waals surface area (Å²) in [5.74, 6) is 3.40. The van der Waals surface area contributed by atoms with Gasteiger partial charge in [-0.1, -0.05) is 13.8 Å². The van der Waals surface area contributed by atoms with Crippen molar-refractivity contribution >= 4 is 23.1 Å². The van der Waals surface area contributed by atoms with Crippen LogP contribution in [0.1, 0.15) is 23.6 Å². The van der Waals surface area contributed by atoms with Crippen molar-refractivity contribution in [1.29, 1.82) is 0 Å². The highest BCUT2D eigenvalue weighted by Crippen LogP contribution is 2.22. The molecule has 1 aliphatic rings. The van der Waals surface area contributed by atoms with Gasteiger partial charge in [0, 0.05) is 40.9 Å². The van der Waals surface area contributed by atoms with Gasteiger partial charge in [0.25, 0.3) is 0 Å². The molecular formula is C13H21NS2. The molecule has 3 heteroatoms. The number of nitrogens with zero attached hydrogens (tertiary/aromatic N) is 1. The van der Waals surface area contributed by atoms with E-state index in [4.69, 9.17) is 0 Å². The summed E-state index contributed by atoms with van der Waals surface area (Å²) in [4.78, 5) is 5.68. The summed E-state index contributed by atoms with van der Waals surface area (Å²) in [5, 5.41) is 0. The fourth-order valence-electron chi connectivity index (χ4n) is 2.00. The molecule has 0 radical (unpaired) electrons. The first-order valence-corrected chi connectivity index (χ1v) is 8.09. The molecule has 0 aliphatic carbocycles. The lowest BCUT2D eigenvalue weighted by atomic mass is 10.1. The number of thiophene rings is 1. The lowest BCUT2D eigenvalue weighted by Gasteiger charge is -2.25. The molecule has 1 aliphatic heterocycles. The summed E-state index contributed by atoms with van der Waals surface area (Å²) in [7, 11) is 0. The molecule has 1 fully saturated rings. The zero-order valence-corrected chi connectivity index (χ0v) is 11.9. The maximum atomic E-state index is 2.58. The molecule has 0 unspecified atom stereocenters. The predicted octanol–water partition coefficient (Wildman–Crippen LogP) is 3.50. The van der Waals surface area contributed by atoms with Gasteiger partial charge in [0.05, 0.1) is 0 Å². The highest BCUT2D eigenvalue weighted by molar-refractivity contribution is 7.99. The third kappa shape index (κ3) is 3.79. The second-order valence-electron chi connectivity index (χ2n) is 4.85. The molecule has 0 amide bonds. The van der Waals surface area contributed by atoms with Crippen LogP contribution >= 0.6 is 23.1 Å². The van der Waals surface area contributed by atoms with Gasteiger partial charge in [-0.3, -0.25) is 4.90 Å². The van der Waals surface area contributed by atoms with Gasteiger partial charge in [-0.2, -0.15) is 11.8 Å². The Labute approximate surface area is 107 Å². The second kappa shape index (κ2) is 6.08. The highest BCUT2D eigenvalue weighted by atomic mass is 32.2. The van der Waals surface area contributed by atoms with E-state index in [1.54, 1.807) is 9.75 Å². The van der Waals surface area contributed by atoms with Crippen molar-refractivity contribution in [2.24, 2.45) is 5.92 Å². The van der Waals surface area contributed by atoms with Crippen LogP contribution in [0.3, 0.4) is 0 Å². The normalized spacial score (nSPS) is 18.2. The van der Waals surface area contributed by atoms with Crippen molar-refractivity contribution in [1.82, 2.24) is 4.90 Å². The molecule has 90 valence electrons. The maximum absolute atomic E-state index is 2.58. The Morgan fingerprint density at radius 2 is 1.88 bits per heavy atom. The molecule has 0 N–H and O–H groups in total. The van der Waals surface area contributed by atoms with Crippen LogP contribution in [0, 0.1) is 5.92 Å². The van der Waals surface area contributed by atoms with E-state index in [1.165, 1.54) is 37.6 Å². The molecule has 2 heterocycles. The summed E-state index contributed by atoms with van der Waals surface area (Å²) < 4.78 is 0. The van der Waals surface area contributed by atoms with E-state index in [2.05, 4.69) is 42.6 Å². The number of hydrogen-bond acceptors (Lipinski definition) is 3. The molecule has 1 aromatic heterocycles. The zero-order valence-electron chi connectivity index (χ0n) is 10.2. The zero-order chi connectivity index (χ0) is 11.4. The van der Waals surface area contributed by atoms with Crippen LogP contribution < -0.4 is 0 Å². The fraction of sp³-hybridized carbons (Fsp3) is 0.692. The SMILES string of the molecule is CC(C)Cc1ccc(CN2CCSCC2)s1. The van der Waals surface area contributed by atoms with Crippen molar-refractivity contribution in [3.63, 3.8) is 0 Å². The Morgan fingerprint density at radius 1 is 1.19 bits per heavy atom. The molecular weight excluding hydrogens is 234 g/mol. The molecule has 0 aromatic carbocycles. The van der Waals surface area contributed by atoms with E-state index in [-0.39, 0.29) is 0 Å². The Bertz CT molecular complexity index is 313. The van der Waals surface area contributed by atoms with E-state index in [9.17, 15) is 0 Å². The largest absolute Gasteiger partial charge is 0.297 e. The van der Waals surface area contributed by atoms with Crippen LogP contribution in [0.2, 0.25) is 0 Å². The monoisotopic (exact) mass is 255 g/mol. The first-order valence-electron chi connectivity index (χ1n) is 6.12. The molecule has 1 saturated heterocycles. The summed E-state index contributed by atoms with van der Waals surface area (Å²) in [5.41, 5.74) is 0. The van der Waals surface area contributed by atoms with Crippen molar-refractivity contribution in [3.05, 3.63) is 21.9 Å². The Kier molecular flexibility index (Phi) is 4.74. The van der Waals surface area contributed by atoms with Gasteiger partial charge >= 0.3 is 0 Å². The van der Waals surface area contributed by atoms with Gasteiger partial charge in [0.1, 0.15) is 0 Å². The van der Waals surface area contributed by atoms with E-state index >= 15 is 0 Å². The molecule has 1 nitrogen and oxygen atoms in total. The van der Waals surface area contributed by atoms with Crippen LogP contribution in [-0.2, 0) is 13.0 Å². The van der Waals surface area contributed by atoms with E-state index in [0.717, 1.165) is 5.92 Å². The number of thioether (sulfide) groups is 1. The molecule has 0 atom stereocenters. The first kappa shape index (κ1) is 12.5. The number of hydrogen-bond donors (Lipinski definition) is 0. The lowest BCUT2D eigenvalue weighted by Crippen LogP contribution is -2.31. The minimum atomic E-state index is 0.776. The molecule has 2 rings (SSSR count). The summed E-state index contributed by atoms with van der Waals surface area (Å²) in [6.45, 7) is 8.29. The maximum Gasteiger partial charge on any atom is 0.0328 e. The topological polar surface area (TPSA) is 3.24 Å². The standard InChI is InChI=1S/C13H21NS2/c1-11(2)9-12-3-4-13(16-12)10-14-5-7-15-8-6-14/h3-4,11H,5-10H2,1-2H3. The molecule has 0 saturated carbocycles. The van der Waals surface area contributed by atoms with Crippen molar-refractivity contribution < 1.29 is 0 Å². The minimum absolute atomic E-state index is 0.776. The van der Waals surface area contributed by atoms with Gasteiger partial charge in [-0.05, 0) is 24.5 Å². The average Bonchev–Trinajstić information content (AvgIpc) is 2.66. The van der Waals surface area contributed by atoms with E-state index in [0.29, 0.717) is 0 Å². The van der Waals surface area contributed by atoms with Gasteiger partial charge in [-0.25, -0.2) is 0 Å². The van der Waals surface area contributed by atoms with Gasteiger partial charge < -0.3 is 0 Å². The summed E-state index contributed by atoms with van der Waals surface area (Å²) in [6.07, 6.45) is 1.24. The van der Waals surface area contributed by atoms with Crippen LogP contribution in [0.5, 0.6) is 0 Å². The van der Waals surface area contributed by atoms with Gasteiger partial charge in [0.2, 0.25) is 0 Å². The van der Waals surface area contributed by atoms with Crippen LogP contribution in [0.4, 0.5) is 0 Å². The Balaban J connectivity index is 1.86. The summed E-state index contributed by atoms with van der Waals surface area (Å²) in [6, 6.07) is 4.64. The quantitative estimate of drug-likeness (QED) is 0.810. The Hall–Kier alpha value is 0.01000. The van der Waals surface area contributed by atoms with E-state index in [1.807, 2.05) is 11.3 Å². The van der Waals surface area contributed by atoms with Crippen molar-refractivity contribution in [2.45, 2.75) is 26.8 Å². The molecule has 1 aromatic rings. The molecule has 16 heavy (non-hydrogen) atoms.